The fourth-order valence-electron chi connectivity index (χ4n) is 3.41. The normalized spacial score (nSPS) is 14.0. The number of amides is 1. The van der Waals surface area contributed by atoms with E-state index >= 15 is 0 Å². The number of piperidine rings is 1. The molecule has 28 heavy (non-hydrogen) atoms. The average Bonchev–Trinajstić information content (AvgIpc) is 3.07. The lowest BCUT2D eigenvalue weighted by atomic mass is 10.1. The van der Waals surface area contributed by atoms with Gasteiger partial charge in [0.1, 0.15) is 5.52 Å². The van der Waals surface area contributed by atoms with E-state index in [1.54, 1.807) is 30.7 Å². The summed E-state index contributed by atoms with van der Waals surface area (Å²) >= 11 is 12.2. The number of pyridine rings is 1. The monoisotopic (exact) mass is 439 g/mol. The van der Waals surface area contributed by atoms with Gasteiger partial charge in [0.15, 0.2) is 5.82 Å². The fourth-order valence-corrected chi connectivity index (χ4v) is 3.86. The highest BCUT2D eigenvalue weighted by Crippen LogP contribution is 2.31. The zero-order chi connectivity index (χ0) is 19.0. The second kappa shape index (κ2) is 8.55. The first kappa shape index (κ1) is 20.7. The minimum Gasteiger partial charge on any atom is -0.339 e. The van der Waals surface area contributed by atoms with Gasteiger partial charge in [-0.05, 0) is 37.5 Å². The van der Waals surface area contributed by atoms with E-state index in [0.717, 1.165) is 31.4 Å². The molecule has 0 spiro atoms. The van der Waals surface area contributed by atoms with Crippen LogP contribution < -0.4 is 5.32 Å². The summed E-state index contributed by atoms with van der Waals surface area (Å²) in [5, 5.41) is 4.25. The van der Waals surface area contributed by atoms with Gasteiger partial charge in [-0.25, -0.2) is 9.97 Å². The number of hydrogen-bond donors (Lipinski definition) is 1. The van der Waals surface area contributed by atoms with Crippen LogP contribution in [0.2, 0.25) is 10.0 Å². The molecule has 0 bridgehead atoms. The highest BCUT2D eigenvalue weighted by molar-refractivity contribution is 6.36. The van der Waals surface area contributed by atoms with Gasteiger partial charge < -0.3 is 14.8 Å². The van der Waals surface area contributed by atoms with E-state index in [0.29, 0.717) is 32.6 Å². The molecule has 1 amide bonds. The number of benzene rings is 1. The molecule has 1 saturated heterocycles. The van der Waals surface area contributed by atoms with E-state index in [4.69, 9.17) is 23.2 Å². The number of imidazole rings is 1. The maximum Gasteiger partial charge on any atom is 0.257 e. The van der Waals surface area contributed by atoms with Crippen molar-refractivity contribution in [2.24, 2.45) is 7.05 Å². The SMILES string of the molecule is Cl.Cn1cnc2c(Nc3ccc(Cl)cc3Cl)ncc(C(=O)N3CCCCC3)c21. The second-order valence-electron chi connectivity index (χ2n) is 6.68. The van der Waals surface area contributed by atoms with Gasteiger partial charge in [0.25, 0.3) is 5.91 Å². The Hall–Kier alpha value is -2.02. The zero-order valence-electron chi connectivity index (χ0n) is 15.3. The van der Waals surface area contributed by atoms with Crippen molar-refractivity contribution >= 4 is 64.1 Å². The van der Waals surface area contributed by atoms with Crippen LogP contribution in [0.5, 0.6) is 0 Å². The Morgan fingerprint density at radius 2 is 1.89 bits per heavy atom. The number of halogens is 3. The Morgan fingerprint density at radius 3 is 2.61 bits per heavy atom. The smallest absolute Gasteiger partial charge is 0.257 e. The fraction of sp³-hybridized carbons (Fsp3) is 0.316. The lowest BCUT2D eigenvalue weighted by Gasteiger charge is -2.27. The van der Waals surface area contributed by atoms with E-state index in [1.165, 1.54) is 6.42 Å². The number of rotatable bonds is 3. The van der Waals surface area contributed by atoms with E-state index < -0.39 is 0 Å². The first-order valence-corrected chi connectivity index (χ1v) is 9.61. The molecule has 2 aromatic heterocycles. The van der Waals surface area contributed by atoms with Gasteiger partial charge in [0, 0.05) is 31.4 Å². The third-order valence-corrected chi connectivity index (χ3v) is 5.34. The summed E-state index contributed by atoms with van der Waals surface area (Å²) in [4.78, 5) is 23.8. The third kappa shape index (κ3) is 3.90. The Kier molecular flexibility index (Phi) is 6.33. The highest BCUT2D eigenvalue weighted by Gasteiger charge is 2.23. The van der Waals surface area contributed by atoms with Crippen LogP contribution in [0.4, 0.5) is 11.5 Å². The number of likely N-dealkylation sites (tertiary alicyclic amines) is 1. The summed E-state index contributed by atoms with van der Waals surface area (Å²) in [7, 11) is 1.88. The molecule has 0 atom stereocenters. The lowest BCUT2D eigenvalue weighted by Crippen LogP contribution is -2.35. The van der Waals surface area contributed by atoms with Crippen molar-refractivity contribution in [3.05, 3.63) is 46.3 Å². The Balaban J connectivity index is 0.00000225. The molecule has 0 radical (unpaired) electrons. The van der Waals surface area contributed by atoms with Crippen LogP contribution in [0.3, 0.4) is 0 Å². The van der Waals surface area contributed by atoms with Crippen molar-refractivity contribution in [3.63, 3.8) is 0 Å². The predicted octanol–water partition coefficient (Wildman–Crippen LogP) is 5.07. The molecular formula is C19H20Cl3N5O. The molecule has 9 heteroatoms. The molecule has 6 nitrogen and oxygen atoms in total. The number of aromatic nitrogens is 3. The van der Waals surface area contributed by atoms with Gasteiger partial charge >= 0.3 is 0 Å². The minimum absolute atomic E-state index is 0. The number of carbonyl (C=O) groups excluding carboxylic acids is 1. The average molecular weight is 441 g/mol. The molecule has 0 aliphatic carbocycles. The summed E-state index contributed by atoms with van der Waals surface area (Å²) in [5.74, 6) is 0.553. The maximum absolute atomic E-state index is 13.0. The lowest BCUT2D eigenvalue weighted by molar-refractivity contribution is 0.0725. The summed E-state index contributed by atoms with van der Waals surface area (Å²) in [5.41, 5.74) is 2.63. The van der Waals surface area contributed by atoms with Gasteiger partial charge in [-0.2, -0.15) is 0 Å². The molecule has 3 heterocycles. The third-order valence-electron chi connectivity index (χ3n) is 4.80. The highest BCUT2D eigenvalue weighted by atomic mass is 35.5. The van der Waals surface area contributed by atoms with Crippen molar-refractivity contribution in [2.75, 3.05) is 18.4 Å². The maximum atomic E-state index is 13.0. The van der Waals surface area contributed by atoms with E-state index in [2.05, 4.69) is 15.3 Å². The summed E-state index contributed by atoms with van der Waals surface area (Å²) in [6.45, 7) is 1.58. The van der Waals surface area contributed by atoms with Crippen LogP contribution in [0.1, 0.15) is 29.6 Å². The van der Waals surface area contributed by atoms with Crippen LogP contribution in [0, 0.1) is 0 Å². The van der Waals surface area contributed by atoms with Crippen LogP contribution in [-0.2, 0) is 7.05 Å². The number of anilines is 2. The van der Waals surface area contributed by atoms with Gasteiger partial charge in [-0.1, -0.05) is 23.2 Å². The molecule has 0 unspecified atom stereocenters. The molecule has 1 aromatic carbocycles. The topological polar surface area (TPSA) is 63.1 Å². The molecule has 3 aromatic rings. The number of fused-ring (bicyclic) bond motifs is 1. The zero-order valence-corrected chi connectivity index (χ0v) is 17.6. The van der Waals surface area contributed by atoms with Gasteiger partial charge in [0.05, 0.1) is 28.1 Å². The first-order chi connectivity index (χ1) is 13.0. The summed E-state index contributed by atoms with van der Waals surface area (Å²) < 4.78 is 1.85. The van der Waals surface area contributed by atoms with Crippen LogP contribution in [0.15, 0.2) is 30.7 Å². The van der Waals surface area contributed by atoms with Crippen LogP contribution in [0.25, 0.3) is 11.0 Å². The standard InChI is InChI=1S/C19H19Cl2N5O.ClH/c1-25-11-23-16-17(25)13(19(27)26-7-3-2-4-8-26)10-22-18(16)24-15-6-5-12(20)9-14(15)21;/h5-6,9-11H,2-4,7-8H2,1H3,(H,22,24);1H. The molecule has 1 aliphatic rings. The van der Waals surface area contributed by atoms with Crippen LogP contribution >= 0.6 is 35.6 Å². The quantitative estimate of drug-likeness (QED) is 0.618. The molecule has 4 rings (SSSR count). The number of carbonyl (C=O) groups is 1. The number of aryl methyl sites for hydroxylation is 1. The molecule has 148 valence electrons. The number of nitrogens with one attached hydrogen (secondary N) is 1. The van der Waals surface area contributed by atoms with E-state index in [-0.39, 0.29) is 18.3 Å². The Morgan fingerprint density at radius 1 is 1.14 bits per heavy atom. The van der Waals surface area contributed by atoms with Crippen molar-refractivity contribution in [1.29, 1.82) is 0 Å². The van der Waals surface area contributed by atoms with Crippen molar-refractivity contribution in [1.82, 2.24) is 19.4 Å². The molecule has 0 saturated carbocycles. The first-order valence-electron chi connectivity index (χ1n) is 8.86. The molecular weight excluding hydrogens is 421 g/mol. The van der Waals surface area contributed by atoms with Gasteiger partial charge in [0.2, 0.25) is 0 Å². The number of hydrogen-bond acceptors (Lipinski definition) is 4. The van der Waals surface area contributed by atoms with Gasteiger partial charge in [-0.3, -0.25) is 4.79 Å². The number of nitrogens with zero attached hydrogens (tertiary/aromatic N) is 4. The van der Waals surface area contributed by atoms with Crippen molar-refractivity contribution < 1.29 is 4.79 Å². The minimum atomic E-state index is 0. The Labute approximate surface area is 179 Å². The second-order valence-corrected chi connectivity index (χ2v) is 7.52. The molecule has 1 aliphatic heterocycles. The summed E-state index contributed by atoms with van der Waals surface area (Å²) in [6, 6.07) is 5.20. The largest absolute Gasteiger partial charge is 0.339 e. The van der Waals surface area contributed by atoms with E-state index in [9.17, 15) is 4.79 Å². The Bertz CT molecular complexity index is 1010. The van der Waals surface area contributed by atoms with Crippen molar-refractivity contribution in [2.45, 2.75) is 19.3 Å². The van der Waals surface area contributed by atoms with Gasteiger partial charge in [-0.15, -0.1) is 12.4 Å². The molecule has 1 fully saturated rings. The molecule has 1 N–H and O–H groups in total. The van der Waals surface area contributed by atoms with Crippen LogP contribution in [-0.4, -0.2) is 38.4 Å². The summed E-state index contributed by atoms with van der Waals surface area (Å²) in [6.07, 6.45) is 6.57. The van der Waals surface area contributed by atoms with E-state index in [1.807, 2.05) is 16.5 Å². The van der Waals surface area contributed by atoms with Crippen molar-refractivity contribution in [3.8, 4) is 0 Å². The predicted molar refractivity (Wildman–Crippen MR) is 115 cm³/mol.